The Labute approximate surface area is 117 Å². The van der Waals surface area contributed by atoms with E-state index in [-0.39, 0.29) is 0 Å². The van der Waals surface area contributed by atoms with Crippen LogP contribution in [0.5, 0.6) is 5.75 Å². The Hall–Kier alpha value is -1.81. The van der Waals surface area contributed by atoms with Crippen LogP contribution < -0.4 is 10.6 Å². The predicted molar refractivity (Wildman–Crippen MR) is 80.7 cm³/mol. The van der Waals surface area contributed by atoms with Gasteiger partial charge >= 0.3 is 0 Å². The first-order chi connectivity index (χ1) is 9.22. The minimum Gasteiger partial charge on any atom is -0.508 e. The highest BCUT2D eigenvalue weighted by atomic mass is 32.2. The maximum absolute atomic E-state index is 9.54. The number of hydrogen-bond acceptors (Lipinski definition) is 4. The van der Waals surface area contributed by atoms with Crippen LogP contribution in [0.4, 0.5) is 11.4 Å². The fraction of sp³-hybridized carbons (Fsp3) is 0.200. The monoisotopic (exact) mass is 272 g/mol. The quantitative estimate of drug-likeness (QED) is 0.825. The van der Waals surface area contributed by atoms with Crippen LogP contribution in [-0.4, -0.2) is 17.4 Å². The van der Waals surface area contributed by atoms with Gasteiger partial charge in [-0.05, 0) is 35.9 Å². The fourth-order valence-corrected chi connectivity index (χ4v) is 3.36. The minimum absolute atomic E-state index is 0.316. The number of aromatic hydroxyl groups is 1. The molecule has 1 aliphatic rings. The Balaban J connectivity index is 1.89. The van der Waals surface area contributed by atoms with Gasteiger partial charge in [0.25, 0.3) is 0 Å². The zero-order chi connectivity index (χ0) is 13.2. The van der Waals surface area contributed by atoms with Crippen molar-refractivity contribution < 1.29 is 5.11 Å². The van der Waals surface area contributed by atoms with E-state index in [1.54, 1.807) is 6.07 Å². The molecule has 2 aromatic rings. The molecule has 0 radical (unpaired) electrons. The van der Waals surface area contributed by atoms with Crippen molar-refractivity contribution in [3.8, 4) is 5.75 Å². The van der Waals surface area contributed by atoms with E-state index in [2.05, 4.69) is 11.0 Å². The van der Waals surface area contributed by atoms with Crippen molar-refractivity contribution in [3.63, 3.8) is 0 Å². The van der Waals surface area contributed by atoms with Crippen LogP contribution in [0.1, 0.15) is 5.56 Å². The molecule has 2 aromatic carbocycles. The number of thioether (sulfide) groups is 1. The summed E-state index contributed by atoms with van der Waals surface area (Å²) in [6.07, 6.45) is 0. The molecule has 19 heavy (non-hydrogen) atoms. The second-order valence-corrected chi connectivity index (χ2v) is 5.80. The number of anilines is 2. The van der Waals surface area contributed by atoms with Crippen molar-refractivity contribution in [1.82, 2.24) is 0 Å². The molecule has 0 saturated carbocycles. The topological polar surface area (TPSA) is 49.5 Å². The summed E-state index contributed by atoms with van der Waals surface area (Å²) in [5.41, 5.74) is 8.98. The van der Waals surface area contributed by atoms with Gasteiger partial charge in [0.1, 0.15) is 5.75 Å². The molecule has 0 spiro atoms. The highest BCUT2D eigenvalue weighted by molar-refractivity contribution is 7.99. The van der Waals surface area contributed by atoms with Crippen LogP contribution >= 0.6 is 11.8 Å². The van der Waals surface area contributed by atoms with Crippen LogP contribution in [0, 0.1) is 0 Å². The molecule has 3 rings (SSSR count). The molecule has 0 aliphatic carbocycles. The summed E-state index contributed by atoms with van der Waals surface area (Å²) in [5, 5.41) is 9.54. The van der Waals surface area contributed by atoms with Crippen molar-refractivity contribution in [2.75, 3.05) is 22.9 Å². The third-order valence-corrected chi connectivity index (χ3v) is 4.27. The maximum atomic E-state index is 9.54. The van der Waals surface area contributed by atoms with E-state index in [1.807, 2.05) is 42.1 Å². The van der Waals surface area contributed by atoms with Crippen molar-refractivity contribution in [3.05, 3.63) is 48.0 Å². The van der Waals surface area contributed by atoms with Crippen LogP contribution in [-0.2, 0) is 6.54 Å². The van der Waals surface area contributed by atoms with E-state index in [0.29, 0.717) is 5.75 Å². The number of hydrogen-bond donors (Lipinski definition) is 2. The second-order valence-electron chi connectivity index (χ2n) is 4.67. The Morgan fingerprint density at radius 1 is 1.21 bits per heavy atom. The standard InChI is InChI=1S/C15H16N2OS/c16-12-4-5-15-14(9-12)17(6-7-19-15)10-11-2-1-3-13(18)8-11/h1-5,8-9,18H,6-7,10,16H2. The van der Waals surface area contributed by atoms with E-state index in [9.17, 15) is 5.11 Å². The number of rotatable bonds is 2. The molecule has 0 unspecified atom stereocenters. The summed E-state index contributed by atoms with van der Waals surface area (Å²) in [6.45, 7) is 1.79. The smallest absolute Gasteiger partial charge is 0.115 e. The van der Waals surface area contributed by atoms with Crippen LogP contribution in [0.3, 0.4) is 0 Å². The van der Waals surface area contributed by atoms with Gasteiger partial charge in [0.05, 0.1) is 5.69 Å². The molecule has 1 aliphatic heterocycles. The van der Waals surface area contributed by atoms with Crippen molar-refractivity contribution in [1.29, 1.82) is 0 Å². The van der Waals surface area contributed by atoms with Gasteiger partial charge in [0.15, 0.2) is 0 Å². The first-order valence-corrected chi connectivity index (χ1v) is 7.26. The number of nitrogens with two attached hydrogens (primary N) is 1. The van der Waals surface area contributed by atoms with Gasteiger partial charge in [-0.25, -0.2) is 0 Å². The zero-order valence-electron chi connectivity index (χ0n) is 10.5. The fourth-order valence-electron chi connectivity index (χ4n) is 2.33. The molecule has 98 valence electrons. The van der Waals surface area contributed by atoms with E-state index in [1.165, 1.54) is 10.6 Å². The lowest BCUT2D eigenvalue weighted by atomic mass is 10.1. The van der Waals surface area contributed by atoms with Crippen molar-refractivity contribution in [2.24, 2.45) is 0 Å². The number of benzene rings is 2. The van der Waals surface area contributed by atoms with Crippen LogP contribution in [0.15, 0.2) is 47.4 Å². The molecule has 4 heteroatoms. The number of phenolic OH excluding ortho intramolecular Hbond substituents is 1. The summed E-state index contributed by atoms with van der Waals surface area (Å²) in [6, 6.07) is 13.5. The normalized spacial score (nSPS) is 14.2. The van der Waals surface area contributed by atoms with E-state index < -0.39 is 0 Å². The first kappa shape index (κ1) is 12.2. The zero-order valence-corrected chi connectivity index (χ0v) is 11.4. The summed E-state index contributed by atoms with van der Waals surface area (Å²) in [5.74, 6) is 1.40. The van der Waals surface area contributed by atoms with E-state index in [4.69, 9.17) is 5.73 Å². The minimum atomic E-state index is 0.316. The first-order valence-electron chi connectivity index (χ1n) is 6.27. The lowest BCUT2D eigenvalue weighted by molar-refractivity contribution is 0.474. The number of nitrogen functional groups attached to an aromatic ring is 1. The number of nitrogens with zero attached hydrogens (tertiary/aromatic N) is 1. The molecular formula is C15H16N2OS. The Kier molecular flexibility index (Phi) is 3.25. The van der Waals surface area contributed by atoms with Gasteiger partial charge in [-0.1, -0.05) is 12.1 Å². The average molecular weight is 272 g/mol. The summed E-state index contributed by atoms with van der Waals surface area (Å²) < 4.78 is 0. The molecule has 3 N–H and O–H groups in total. The second kappa shape index (κ2) is 5.05. The van der Waals surface area contributed by atoms with Gasteiger partial charge in [-0.15, -0.1) is 11.8 Å². The van der Waals surface area contributed by atoms with Crippen molar-refractivity contribution in [2.45, 2.75) is 11.4 Å². The molecule has 0 amide bonds. The molecule has 0 bridgehead atoms. The van der Waals surface area contributed by atoms with Gasteiger partial charge in [0, 0.05) is 29.4 Å². The van der Waals surface area contributed by atoms with E-state index in [0.717, 1.165) is 30.1 Å². The van der Waals surface area contributed by atoms with Gasteiger partial charge in [0.2, 0.25) is 0 Å². The number of fused-ring (bicyclic) bond motifs is 1. The van der Waals surface area contributed by atoms with Crippen LogP contribution in [0.2, 0.25) is 0 Å². The Morgan fingerprint density at radius 2 is 2.11 bits per heavy atom. The predicted octanol–water partition coefficient (Wildman–Crippen LogP) is 3.09. The lowest BCUT2D eigenvalue weighted by Gasteiger charge is -2.31. The Morgan fingerprint density at radius 3 is 2.95 bits per heavy atom. The van der Waals surface area contributed by atoms with E-state index >= 15 is 0 Å². The molecule has 0 saturated heterocycles. The van der Waals surface area contributed by atoms with Crippen LogP contribution in [0.25, 0.3) is 0 Å². The number of phenols is 1. The molecule has 3 nitrogen and oxygen atoms in total. The van der Waals surface area contributed by atoms with Gasteiger partial charge in [-0.2, -0.15) is 0 Å². The highest BCUT2D eigenvalue weighted by Gasteiger charge is 2.17. The van der Waals surface area contributed by atoms with Gasteiger partial charge < -0.3 is 15.7 Å². The Bertz CT molecular complexity index is 600. The van der Waals surface area contributed by atoms with Gasteiger partial charge in [-0.3, -0.25) is 0 Å². The highest BCUT2D eigenvalue weighted by Crippen LogP contribution is 2.36. The summed E-state index contributed by atoms with van der Waals surface area (Å²) in [7, 11) is 0. The molecule has 0 atom stereocenters. The third-order valence-electron chi connectivity index (χ3n) is 3.23. The third kappa shape index (κ3) is 2.63. The summed E-state index contributed by atoms with van der Waals surface area (Å²) in [4.78, 5) is 3.59. The molecular weight excluding hydrogens is 256 g/mol. The average Bonchev–Trinajstić information content (AvgIpc) is 2.39. The molecule has 0 fully saturated rings. The largest absolute Gasteiger partial charge is 0.508 e. The summed E-state index contributed by atoms with van der Waals surface area (Å²) >= 11 is 1.87. The van der Waals surface area contributed by atoms with Crippen molar-refractivity contribution >= 4 is 23.1 Å². The molecule has 0 aromatic heterocycles. The SMILES string of the molecule is Nc1ccc2c(c1)N(Cc1cccc(O)c1)CCS2. The lowest BCUT2D eigenvalue weighted by Crippen LogP contribution is -2.28. The maximum Gasteiger partial charge on any atom is 0.115 e. The molecule has 1 heterocycles.